The van der Waals surface area contributed by atoms with Gasteiger partial charge < -0.3 is 0 Å². The van der Waals surface area contributed by atoms with Crippen LogP contribution >= 0.6 is 0 Å². The first-order valence-electron chi connectivity index (χ1n) is 13.1. The van der Waals surface area contributed by atoms with Crippen molar-refractivity contribution < 1.29 is 9.18 Å². The minimum absolute atomic E-state index is 0.105. The Kier molecular flexibility index (Phi) is 8.32. The van der Waals surface area contributed by atoms with Gasteiger partial charge in [-0.1, -0.05) is 94.1 Å². The molecule has 0 atom stereocenters. The zero-order valence-corrected chi connectivity index (χ0v) is 20.7. The fourth-order valence-corrected chi connectivity index (χ4v) is 5.48. The summed E-state index contributed by atoms with van der Waals surface area (Å²) >= 11 is 0. The Labute approximate surface area is 204 Å². The third-order valence-electron chi connectivity index (χ3n) is 7.58. The van der Waals surface area contributed by atoms with Crippen LogP contribution in [0.2, 0.25) is 0 Å². The monoisotopic (exact) mass is 456 g/mol. The number of benzene rings is 3. The molecule has 0 amide bonds. The number of Topliss-reactive ketones (excluding diaryl/α,β-unsaturated/α-hetero) is 1. The van der Waals surface area contributed by atoms with Crippen LogP contribution in [0, 0.1) is 11.7 Å². The van der Waals surface area contributed by atoms with Gasteiger partial charge in [-0.3, -0.25) is 4.79 Å². The molecule has 178 valence electrons. The van der Waals surface area contributed by atoms with Crippen molar-refractivity contribution >= 4 is 5.78 Å². The van der Waals surface area contributed by atoms with Crippen LogP contribution < -0.4 is 0 Å². The summed E-state index contributed by atoms with van der Waals surface area (Å²) in [6.45, 7) is 4.15. The second-order valence-corrected chi connectivity index (χ2v) is 9.85. The van der Waals surface area contributed by atoms with E-state index >= 15 is 0 Å². The molecular weight excluding hydrogens is 419 g/mol. The van der Waals surface area contributed by atoms with Crippen LogP contribution in [0.3, 0.4) is 0 Å². The summed E-state index contributed by atoms with van der Waals surface area (Å²) in [4.78, 5) is 12.4. The number of halogens is 1. The molecule has 34 heavy (non-hydrogen) atoms. The van der Waals surface area contributed by atoms with Gasteiger partial charge in [0.15, 0.2) is 5.78 Å². The van der Waals surface area contributed by atoms with Crippen molar-refractivity contribution in [2.24, 2.45) is 5.92 Å². The van der Waals surface area contributed by atoms with Crippen molar-refractivity contribution in [1.82, 2.24) is 0 Å². The van der Waals surface area contributed by atoms with Crippen molar-refractivity contribution in [3.05, 3.63) is 83.7 Å². The maximum absolute atomic E-state index is 14.7. The molecule has 3 aromatic carbocycles. The molecule has 0 unspecified atom stereocenters. The predicted molar refractivity (Wildman–Crippen MR) is 141 cm³/mol. The Hall–Kier alpha value is -2.74. The molecular formula is C32H37FO. The van der Waals surface area contributed by atoms with E-state index in [1.54, 1.807) is 6.07 Å². The summed E-state index contributed by atoms with van der Waals surface area (Å²) < 4.78 is 14.7. The first kappa shape index (κ1) is 24.4. The molecule has 1 saturated carbocycles. The van der Waals surface area contributed by atoms with Gasteiger partial charge in [-0.25, -0.2) is 4.39 Å². The first-order chi connectivity index (χ1) is 16.6. The molecule has 0 N–H and O–H groups in total. The standard InChI is InChI=1S/C32H37FO/c1-3-5-6-9-23-12-14-24(15-13-23)25-16-18-26(19-17-25)30-22-27(32(34)4-2)20-21-28(30)29-10-7-8-11-31(29)33/h7-8,10-11,16-24H,3-6,9,12-15H2,1-2H3/t23-,24-. The van der Waals surface area contributed by atoms with E-state index in [-0.39, 0.29) is 11.6 Å². The van der Waals surface area contributed by atoms with Gasteiger partial charge >= 0.3 is 0 Å². The lowest BCUT2D eigenvalue weighted by Gasteiger charge is -2.29. The normalized spacial score (nSPS) is 18.1. The summed E-state index contributed by atoms with van der Waals surface area (Å²) in [5.41, 5.74) is 5.42. The van der Waals surface area contributed by atoms with Crippen LogP contribution in [0.4, 0.5) is 4.39 Å². The molecule has 0 saturated heterocycles. The minimum atomic E-state index is -0.245. The fourth-order valence-electron chi connectivity index (χ4n) is 5.48. The highest BCUT2D eigenvalue weighted by molar-refractivity contribution is 5.99. The Morgan fingerprint density at radius 1 is 0.824 bits per heavy atom. The number of carbonyl (C=O) groups is 1. The van der Waals surface area contributed by atoms with Crippen molar-refractivity contribution in [2.45, 2.75) is 77.6 Å². The molecule has 0 radical (unpaired) electrons. The molecule has 0 heterocycles. The third-order valence-corrected chi connectivity index (χ3v) is 7.58. The summed E-state index contributed by atoms with van der Waals surface area (Å²) in [6, 6.07) is 21.3. The Bertz CT molecular complexity index is 1090. The van der Waals surface area contributed by atoms with E-state index in [0.29, 0.717) is 23.5 Å². The van der Waals surface area contributed by atoms with Crippen LogP contribution in [0.1, 0.15) is 93.5 Å². The maximum Gasteiger partial charge on any atom is 0.162 e. The topological polar surface area (TPSA) is 17.1 Å². The summed E-state index contributed by atoms with van der Waals surface area (Å²) in [5, 5.41) is 0. The SMILES string of the molecule is CCCCC[C@H]1CC[C@H](c2ccc(-c3cc(C(=O)CC)ccc3-c3ccccc3F)cc2)CC1. The molecule has 0 aromatic heterocycles. The molecule has 0 bridgehead atoms. The summed E-state index contributed by atoms with van der Waals surface area (Å²) in [5.74, 6) is 1.40. The number of unbranched alkanes of at least 4 members (excludes halogenated alkanes) is 2. The van der Waals surface area contributed by atoms with Crippen molar-refractivity contribution in [3.8, 4) is 22.3 Å². The molecule has 1 fully saturated rings. The lowest BCUT2D eigenvalue weighted by atomic mass is 9.77. The van der Waals surface area contributed by atoms with E-state index in [2.05, 4.69) is 31.2 Å². The Morgan fingerprint density at radius 2 is 1.56 bits per heavy atom. The van der Waals surface area contributed by atoms with Gasteiger partial charge in [-0.2, -0.15) is 0 Å². The average Bonchev–Trinajstić information content (AvgIpc) is 2.89. The van der Waals surface area contributed by atoms with Gasteiger partial charge in [-0.15, -0.1) is 0 Å². The quantitative estimate of drug-likeness (QED) is 0.231. The van der Waals surface area contributed by atoms with Gasteiger partial charge in [0.1, 0.15) is 5.82 Å². The number of carbonyl (C=O) groups excluding carboxylic acids is 1. The Morgan fingerprint density at radius 3 is 2.24 bits per heavy atom. The van der Waals surface area contributed by atoms with E-state index in [9.17, 15) is 9.18 Å². The summed E-state index contributed by atoms with van der Waals surface area (Å²) in [7, 11) is 0. The number of rotatable bonds is 9. The van der Waals surface area contributed by atoms with Crippen molar-refractivity contribution in [3.63, 3.8) is 0 Å². The number of hydrogen-bond acceptors (Lipinski definition) is 1. The average molecular weight is 457 g/mol. The smallest absolute Gasteiger partial charge is 0.162 e. The van der Waals surface area contributed by atoms with Gasteiger partial charge in [0.05, 0.1) is 0 Å². The largest absolute Gasteiger partial charge is 0.294 e. The van der Waals surface area contributed by atoms with Crippen molar-refractivity contribution in [1.29, 1.82) is 0 Å². The summed E-state index contributed by atoms with van der Waals surface area (Å²) in [6.07, 6.45) is 11.1. The van der Waals surface area contributed by atoms with Crippen LogP contribution in [0.25, 0.3) is 22.3 Å². The highest BCUT2D eigenvalue weighted by Crippen LogP contribution is 2.39. The van der Waals surface area contributed by atoms with Crippen LogP contribution in [-0.4, -0.2) is 5.78 Å². The minimum Gasteiger partial charge on any atom is -0.294 e. The van der Waals surface area contributed by atoms with E-state index < -0.39 is 0 Å². The predicted octanol–water partition coefficient (Wildman–Crippen LogP) is 9.61. The molecule has 1 aliphatic rings. The fraction of sp³-hybridized carbons (Fsp3) is 0.406. The van der Waals surface area contributed by atoms with Gasteiger partial charge in [-0.05, 0) is 71.9 Å². The third kappa shape index (κ3) is 5.66. The molecule has 0 aliphatic heterocycles. The van der Waals surface area contributed by atoms with E-state index in [4.69, 9.17) is 0 Å². The van der Waals surface area contributed by atoms with Crippen LogP contribution in [0.15, 0.2) is 66.7 Å². The second-order valence-electron chi connectivity index (χ2n) is 9.85. The van der Waals surface area contributed by atoms with E-state index in [1.807, 2.05) is 37.3 Å². The number of hydrogen-bond donors (Lipinski definition) is 0. The van der Waals surface area contributed by atoms with Gasteiger partial charge in [0.25, 0.3) is 0 Å². The van der Waals surface area contributed by atoms with Gasteiger partial charge in [0, 0.05) is 17.5 Å². The maximum atomic E-state index is 14.7. The molecule has 1 aliphatic carbocycles. The van der Waals surface area contributed by atoms with Gasteiger partial charge in [0.2, 0.25) is 0 Å². The van der Waals surface area contributed by atoms with Crippen molar-refractivity contribution in [2.75, 3.05) is 0 Å². The zero-order chi connectivity index (χ0) is 23.9. The lowest BCUT2D eigenvalue weighted by molar-refractivity contribution is 0.0988. The first-order valence-corrected chi connectivity index (χ1v) is 13.1. The van der Waals surface area contributed by atoms with Crippen LogP contribution in [-0.2, 0) is 0 Å². The van der Waals surface area contributed by atoms with Crippen LogP contribution in [0.5, 0.6) is 0 Å². The lowest BCUT2D eigenvalue weighted by Crippen LogP contribution is -2.13. The molecule has 3 aromatic rings. The number of ketones is 1. The molecule has 0 spiro atoms. The van der Waals surface area contributed by atoms with E-state index in [0.717, 1.165) is 22.6 Å². The highest BCUT2D eigenvalue weighted by Gasteiger charge is 2.22. The zero-order valence-electron chi connectivity index (χ0n) is 20.7. The molecule has 2 heteroatoms. The molecule has 4 rings (SSSR count). The van der Waals surface area contributed by atoms with E-state index in [1.165, 1.54) is 63.0 Å². The second kappa shape index (κ2) is 11.6. The highest BCUT2D eigenvalue weighted by atomic mass is 19.1. The Balaban J connectivity index is 1.57. The molecule has 1 nitrogen and oxygen atoms in total.